The number of nitrogens with zero attached hydrogens (tertiary/aromatic N) is 4. The molecule has 324 valence electrons. The van der Waals surface area contributed by atoms with Crippen LogP contribution in [0.4, 0.5) is 21.5 Å². The summed E-state index contributed by atoms with van der Waals surface area (Å²) in [5, 5.41) is 15.6. The summed E-state index contributed by atoms with van der Waals surface area (Å²) in [6.45, 7) is 3.84. The number of carbonyl (C=O) groups excluding carboxylic acids is 1. The van der Waals surface area contributed by atoms with E-state index < -0.39 is 32.4 Å². The van der Waals surface area contributed by atoms with Crippen molar-refractivity contribution in [1.29, 1.82) is 0 Å². The quantitative estimate of drug-likeness (QED) is 0.0596. The Hall–Kier alpha value is -4.41. The zero-order valence-electron chi connectivity index (χ0n) is 33.6. The topological polar surface area (TPSA) is 128 Å². The number of anilines is 2. The third-order valence-corrected chi connectivity index (χ3v) is 13.6. The smallest absolute Gasteiger partial charge is 0.293 e. The lowest BCUT2D eigenvalue weighted by molar-refractivity contribution is -0.384. The van der Waals surface area contributed by atoms with Gasteiger partial charge in [-0.3, -0.25) is 19.8 Å². The first-order valence-corrected chi connectivity index (χ1v) is 22.3. The van der Waals surface area contributed by atoms with Crippen LogP contribution < -0.4 is 14.9 Å². The molecule has 0 unspecified atom stereocenters. The Labute approximate surface area is 378 Å². The van der Waals surface area contributed by atoms with Crippen LogP contribution in [0.1, 0.15) is 34.3 Å². The molecule has 2 N–H and O–H groups in total. The first-order chi connectivity index (χ1) is 28.3. The second-order valence-corrected chi connectivity index (χ2v) is 18.4. The molecule has 0 saturated carbocycles. The van der Waals surface area contributed by atoms with Crippen molar-refractivity contribution < 1.29 is 22.5 Å². The normalized spacial score (nSPS) is 15.4. The fourth-order valence-electron chi connectivity index (χ4n) is 7.74. The van der Waals surface area contributed by atoms with Crippen LogP contribution in [-0.2, 0) is 23.0 Å². The number of halogens is 4. The Morgan fingerprint density at radius 3 is 2.48 bits per heavy atom. The maximum absolute atomic E-state index is 14.3. The number of aryl methyl sites for hydroxylation is 1. The summed E-state index contributed by atoms with van der Waals surface area (Å²) in [7, 11) is -0.544. The fourth-order valence-corrected chi connectivity index (χ4v) is 9.84. The lowest BCUT2D eigenvalue weighted by Gasteiger charge is -2.46. The zero-order chi connectivity index (χ0) is 41.7. The second kappa shape index (κ2) is 21.1. The molecular weight excluding hydrogens is 882 g/mol. The highest BCUT2D eigenvalue weighted by molar-refractivity contribution is 7.99. The van der Waals surface area contributed by atoms with E-state index >= 15 is 0 Å². The molecule has 0 bridgehead atoms. The minimum Gasteiger partial charge on any atom is -0.376 e. The monoisotopic (exact) mass is 928 g/mol. The van der Waals surface area contributed by atoms with E-state index in [1.54, 1.807) is 30.0 Å². The number of piperazine rings is 1. The molecule has 2 aliphatic heterocycles. The lowest BCUT2D eigenvalue weighted by Crippen LogP contribution is -2.54. The minimum atomic E-state index is -4.46. The molecular formula is C44H48Cl3FN6O5S2. The maximum atomic E-state index is 14.3. The van der Waals surface area contributed by atoms with Gasteiger partial charge in [0, 0.05) is 66.2 Å². The number of sulfonamides is 1. The number of carbonyl (C=O) groups is 1. The van der Waals surface area contributed by atoms with Crippen LogP contribution in [0.2, 0.25) is 5.02 Å². The average molecular weight is 930 g/mol. The molecule has 0 aliphatic carbocycles. The first kappa shape index (κ1) is 47.6. The summed E-state index contributed by atoms with van der Waals surface area (Å²) in [6, 6.07) is 31.7. The molecule has 1 amide bonds. The molecule has 0 radical (unpaired) electrons. The van der Waals surface area contributed by atoms with Crippen LogP contribution >= 0.6 is 48.2 Å². The van der Waals surface area contributed by atoms with Gasteiger partial charge in [-0.2, -0.15) is 0 Å². The summed E-state index contributed by atoms with van der Waals surface area (Å²) >= 11 is 7.57. The molecule has 5 aromatic rings. The average Bonchev–Trinajstić information content (AvgIpc) is 3.22. The van der Waals surface area contributed by atoms with Gasteiger partial charge in [0.15, 0.2) is 0 Å². The summed E-state index contributed by atoms with van der Waals surface area (Å²) in [6.07, 6.45) is 2.25. The van der Waals surface area contributed by atoms with Crippen LogP contribution in [0.3, 0.4) is 0 Å². The van der Waals surface area contributed by atoms with Gasteiger partial charge in [-0.25, -0.2) is 17.5 Å². The van der Waals surface area contributed by atoms with Gasteiger partial charge < -0.3 is 15.1 Å². The Morgan fingerprint density at radius 2 is 1.74 bits per heavy atom. The zero-order valence-corrected chi connectivity index (χ0v) is 37.7. The highest BCUT2D eigenvalue weighted by Crippen LogP contribution is 2.35. The fraction of sp³-hybridized carbons (Fsp3) is 0.295. The van der Waals surface area contributed by atoms with Crippen LogP contribution in [0, 0.1) is 15.9 Å². The van der Waals surface area contributed by atoms with Gasteiger partial charge in [0.1, 0.15) is 11.5 Å². The first-order valence-electron chi connectivity index (χ1n) is 19.4. The molecule has 17 heteroatoms. The van der Waals surface area contributed by atoms with E-state index in [0.29, 0.717) is 25.1 Å². The number of amides is 1. The molecule has 61 heavy (non-hydrogen) atoms. The highest BCUT2D eigenvalue weighted by atomic mass is 35.5. The Kier molecular flexibility index (Phi) is 16.5. The molecule has 5 aromatic carbocycles. The standard InChI is InChI=1S/C44H46ClFN6O5S2.2ClH/c1-49(2)21-20-34(29-58-36-9-4-3-5-10-36)47-41-18-16-37(26-43(41)52(54)55)59(56,57)48-44(53)32-14-19-42-31(24-32)12-15-35-28-50(22-23-51(35)42)27-33-8-6-7-11-38(33)30-13-17-39(45)40(46)25-30;;/h3-11,13-14,16-19,24-26,34-35,47H,12,15,20-23,27-29H2,1-2H3,(H,48,53);2*1H/t34-,35-;;/m1../s1. The molecule has 7 rings (SSSR count). The van der Waals surface area contributed by atoms with Crippen molar-refractivity contribution in [3.05, 3.63) is 147 Å². The summed E-state index contributed by atoms with van der Waals surface area (Å²) in [5.74, 6) is -0.631. The van der Waals surface area contributed by atoms with Gasteiger partial charge in [0.2, 0.25) is 0 Å². The molecule has 0 spiro atoms. The molecule has 1 fully saturated rings. The van der Waals surface area contributed by atoms with E-state index in [9.17, 15) is 27.7 Å². The number of thioether (sulfide) groups is 1. The van der Waals surface area contributed by atoms with Crippen LogP contribution in [0.5, 0.6) is 0 Å². The van der Waals surface area contributed by atoms with Gasteiger partial charge in [0.05, 0.1) is 14.8 Å². The van der Waals surface area contributed by atoms with E-state index in [2.05, 4.69) is 25.9 Å². The molecule has 2 aliphatic rings. The maximum Gasteiger partial charge on any atom is 0.293 e. The predicted octanol–water partition coefficient (Wildman–Crippen LogP) is 9.18. The molecule has 2 heterocycles. The van der Waals surface area contributed by atoms with E-state index in [-0.39, 0.29) is 58.1 Å². The number of fused-ring (bicyclic) bond motifs is 3. The molecule has 1 saturated heterocycles. The summed E-state index contributed by atoms with van der Waals surface area (Å²) < 4.78 is 43.5. The van der Waals surface area contributed by atoms with Crippen molar-refractivity contribution in [3.63, 3.8) is 0 Å². The number of rotatable bonds is 15. The number of nitrogens with one attached hydrogen (secondary N) is 2. The number of hydrogen-bond acceptors (Lipinski definition) is 10. The van der Waals surface area contributed by atoms with Crippen molar-refractivity contribution in [2.75, 3.05) is 56.2 Å². The molecule has 0 aromatic heterocycles. The van der Waals surface area contributed by atoms with Crippen molar-refractivity contribution in [2.45, 2.75) is 47.7 Å². The third kappa shape index (κ3) is 11.7. The lowest BCUT2D eigenvalue weighted by atomic mass is 9.92. The van der Waals surface area contributed by atoms with E-state index in [0.717, 1.165) is 71.5 Å². The Bertz CT molecular complexity index is 2450. The number of nitro groups is 1. The Morgan fingerprint density at radius 1 is 0.984 bits per heavy atom. The molecule has 2 atom stereocenters. The number of hydrogen-bond donors (Lipinski definition) is 2. The predicted molar refractivity (Wildman–Crippen MR) is 248 cm³/mol. The Balaban J connectivity index is 0.00000352. The summed E-state index contributed by atoms with van der Waals surface area (Å²) in [5.41, 5.74) is 4.80. The van der Waals surface area contributed by atoms with Crippen molar-refractivity contribution >= 4 is 81.2 Å². The summed E-state index contributed by atoms with van der Waals surface area (Å²) in [4.78, 5) is 32.6. The second-order valence-electron chi connectivity index (χ2n) is 15.2. The van der Waals surface area contributed by atoms with Gasteiger partial charge in [-0.1, -0.05) is 60.1 Å². The third-order valence-electron chi connectivity index (χ3n) is 10.8. The van der Waals surface area contributed by atoms with Gasteiger partial charge in [0.25, 0.3) is 21.6 Å². The van der Waals surface area contributed by atoms with Crippen LogP contribution in [-0.4, -0.2) is 87.2 Å². The van der Waals surface area contributed by atoms with Crippen LogP contribution in [0.25, 0.3) is 11.1 Å². The van der Waals surface area contributed by atoms with Gasteiger partial charge in [-0.05, 0) is 117 Å². The number of benzene rings is 5. The minimum absolute atomic E-state index is 0. The van der Waals surface area contributed by atoms with Crippen molar-refractivity contribution in [2.24, 2.45) is 0 Å². The number of nitro benzene ring substituents is 1. The molecule has 11 nitrogen and oxygen atoms in total. The van der Waals surface area contributed by atoms with Crippen LogP contribution in [0.15, 0.2) is 119 Å². The largest absolute Gasteiger partial charge is 0.376 e. The van der Waals surface area contributed by atoms with E-state index in [1.807, 2.05) is 79.7 Å². The van der Waals surface area contributed by atoms with E-state index in [4.69, 9.17) is 11.6 Å². The van der Waals surface area contributed by atoms with Crippen molar-refractivity contribution in [3.8, 4) is 11.1 Å². The highest BCUT2D eigenvalue weighted by Gasteiger charge is 2.33. The van der Waals surface area contributed by atoms with Gasteiger partial charge in [-0.15, -0.1) is 36.6 Å². The van der Waals surface area contributed by atoms with Gasteiger partial charge >= 0.3 is 0 Å². The SMILES string of the molecule is CN(C)CC[C@H](CSc1ccccc1)Nc1ccc(S(=O)(=O)NC(=O)c2ccc3c(c2)CC[C@@H]2CN(Cc4ccccc4-c4ccc(Cl)c(F)c4)CCN32)cc1[N+](=O)[O-].Cl.Cl. The van der Waals surface area contributed by atoms with E-state index in [1.165, 1.54) is 18.2 Å². The van der Waals surface area contributed by atoms with Crippen molar-refractivity contribution in [1.82, 2.24) is 14.5 Å².